The lowest BCUT2D eigenvalue weighted by Crippen LogP contribution is -2.48. The van der Waals surface area contributed by atoms with E-state index in [9.17, 15) is 19.8 Å². The Hall–Kier alpha value is -2.12. The zero-order valence-corrected chi connectivity index (χ0v) is 14.0. The van der Waals surface area contributed by atoms with E-state index in [1.165, 1.54) is 6.92 Å². The van der Waals surface area contributed by atoms with Crippen molar-refractivity contribution < 1.29 is 29.6 Å². The standard InChI is InChI=1S/C17H25NO6/c1-3-17(23,12(2)19)16(22)24-11-13-6-8-14(9-7-13)18-10-4-5-15(20)21/h6-9,12,18-19,23H,3-5,10-11H2,1-2H3,(H,20,21). The van der Waals surface area contributed by atoms with Gasteiger partial charge in [-0.25, -0.2) is 4.79 Å². The average molecular weight is 339 g/mol. The Labute approximate surface area is 141 Å². The van der Waals surface area contributed by atoms with Crippen molar-refractivity contribution in [3.63, 3.8) is 0 Å². The first-order chi connectivity index (χ1) is 11.3. The van der Waals surface area contributed by atoms with Crippen LogP contribution in [0.2, 0.25) is 0 Å². The summed E-state index contributed by atoms with van der Waals surface area (Å²) in [5.74, 6) is -1.67. The van der Waals surface area contributed by atoms with Gasteiger partial charge in [-0.2, -0.15) is 0 Å². The molecule has 24 heavy (non-hydrogen) atoms. The molecule has 0 aliphatic carbocycles. The predicted octanol–water partition coefficient (Wildman–Crippen LogP) is 1.53. The Morgan fingerprint density at radius 1 is 1.29 bits per heavy atom. The summed E-state index contributed by atoms with van der Waals surface area (Å²) in [5.41, 5.74) is -0.320. The van der Waals surface area contributed by atoms with Gasteiger partial charge in [0.2, 0.25) is 0 Å². The second-order valence-electron chi connectivity index (χ2n) is 5.65. The topological polar surface area (TPSA) is 116 Å². The van der Waals surface area contributed by atoms with Crippen molar-refractivity contribution in [2.45, 2.75) is 51.4 Å². The number of aliphatic hydroxyl groups is 2. The summed E-state index contributed by atoms with van der Waals surface area (Å²) < 4.78 is 5.08. The van der Waals surface area contributed by atoms with Crippen LogP contribution in [0.5, 0.6) is 0 Å². The average Bonchev–Trinajstić information content (AvgIpc) is 2.56. The Morgan fingerprint density at radius 3 is 2.42 bits per heavy atom. The molecule has 0 radical (unpaired) electrons. The lowest BCUT2D eigenvalue weighted by molar-refractivity contribution is -0.179. The highest BCUT2D eigenvalue weighted by Crippen LogP contribution is 2.19. The molecule has 0 amide bonds. The number of hydrogen-bond donors (Lipinski definition) is 4. The van der Waals surface area contributed by atoms with Crippen LogP contribution in [-0.2, 0) is 20.9 Å². The first-order valence-electron chi connectivity index (χ1n) is 7.92. The van der Waals surface area contributed by atoms with Gasteiger partial charge in [-0.05, 0) is 37.5 Å². The Bertz CT molecular complexity index is 543. The van der Waals surface area contributed by atoms with Gasteiger partial charge in [0, 0.05) is 18.7 Å². The summed E-state index contributed by atoms with van der Waals surface area (Å²) in [6.07, 6.45) is -0.510. The van der Waals surface area contributed by atoms with Crippen LogP contribution >= 0.6 is 0 Å². The number of aliphatic hydroxyl groups excluding tert-OH is 1. The zero-order chi connectivity index (χ0) is 18.2. The third kappa shape index (κ3) is 5.82. The molecular formula is C17H25NO6. The molecule has 134 valence electrons. The minimum atomic E-state index is -1.90. The summed E-state index contributed by atoms with van der Waals surface area (Å²) >= 11 is 0. The molecule has 0 saturated heterocycles. The fourth-order valence-corrected chi connectivity index (χ4v) is 2.08. The molecule has 1 aromatic rings. The van der Waals surface area contributed by atoms with E-state index in [2.05, 4.69) is 5.32 Å². The number of nitrogens with one attached hydrogen (secondary N) is 1. The Morgan fingerprint density at radius 2 is 1.92 bits per heavy atom. The first kappa shape index (κ1) is 19.9. The van der Waals surface area contributed by atoms with Crippen LogP contribution in [0.3, 0.4) is 0 Å². The first-order valence-corrected chi connectivity index (χ1v) is 7.92. The highest BCUT2D eigenvalue weighted by Gasteiger charge is 2.40. The van der Waals surface area contributed by atoms with Gasteiger partial charge in [-0.15, -0.1) is 0 Å². The molecule has 2 unspecified atom stereocenters. The van der Waals surface area contributed by atoms with Crippen molar-refractivity contribution >= 4 is 17.6 Å². The van der Waals surface area contributed by atoms with Gasteiger partial charge in [0.1, 0.15) is 6.61 Å². The van der Waals surface area contributed by atoms with Crippen LogP contribution in [0.15, 0.2) is 24.3 Å². The molecule has 0 fully saturated rings. The maximum Gasteiger partial charge on any atom is 0.341 e. The number of carboxylic acid groups (broad SMARTS) is 1. The molecule has 0 aliphatic heterocycles. The van der Waals surface area contributed by atoms with E-state index in [4.69, 9.17) is 9.84 Å². The van der Waals surface area contributed by atoms with Gasteiger partial charge in [0.25, 0.3) is 0 Å². The highest BCUT2D eigenvalue weighted by atomic mass is 16.6. The van der Waals surface area contributed by atoms with Gasteiger partial charge in [-0.3, -0.25) is 4.79 Å². The number of rotatable bonds is 10. The van der Waals surface area contributed by atoms with E-state index in [1.807, 2.05) is 0 Å². The molecule has 7 heteroatoms. The van der Waals surface area contributed by atoms with Crippen molar-refractivity contribution in [2.75, 3.05) is 11.9 Å². The van der Waals surface area contributed by atoms with E-state index in [1.54, 1.807) is 31.2 Å². The second kappa shape index (κ2) is 9.24. The third-order valence-electron chi connectivity index (χ3n) is 3.80. The van der Waals surface area contributed by atoms with Crippen LogP contribution in [0.4, 0.5) is 5.69 Å². The molecule has 0 aromatic heterocycles. The number of benzene rings is 1. The molecule has 1 rings (SSSR count). The van der Waals surface area contributed by atoms with Crippen molar-refractivity contribution in [3.8, 4) is 0 Å². The zero-order valence-electron chi connectivity index (χ0n) is 14.0. The molecule has 0 saturated carbocycles. The predicted molar refractivity (Wildman–Crippen MR) is 88.5 cm³/mol. The highest BCUT2D eigenvalue weighted by molar-refractivity contribution is 5.80. The molecule has 0 heterocycles. The van der Waals surface area contributed by atoms with Crippen LogP contribution < -0.4 is 5.32 Å². The Kier molecular flexibility index (Phi) is 7.67. The molecule has 2 atom stereocenters. The van der Waals surface area contributed by atoms with Crippen molar-refractivity contribution in [1.82, 2.24) is 0 Å². The van der Waals surface area contributed by atoms with Crippen LogP contribution in [0.25, 0.3) is 0 Å². The number of esters is 1. The maximum absolute atomic E-state index is 11.9. The third-order valence-corrected chi connectivity index (χ3v) is 3.80. The minimum Gasteiger partial charge on any atom is -0.481 e. The van der Waals surface area contributed by atoms with Crippen molar-refractivity contribution in [3.05, 3.63) is 29.8 Å². The normalized spacial score (nSPS) is 14.5. The SMILES string of the molecule is CCC(O)(C(=O)OCc1ccc(NCCCC(=O)O)cc1)C(C)O. The number of aliphatic carboxylic acids is 1. The van der Waals surface area contributed by atoms with E-state index in [0.29, 0.717) is 13.0 Å². The van der Waals surface area contributed by atoms with Crippen molar-refractivity contribution in [1.29, 1.82) is 0 Å². The van der Waals surface area contributed by atoms with Gasteiger partial charge in [-0.1, -0.05) is 19.1 Å². The van der Waals surface area contributed by atoms with Gasteiger partial charge < -0.3 is 25.4 Å². The molecule has 7 nitrogen and oxygen atoms in total. The summed E-state index contributed by atoms with van der Waals surface area (Å²) in [4.78, 5) is 22.3. The maximum atomic E-state index is 11.9. The number of carbonyl (C=O) groups is 2. The van der Waals surface area contributed by atoms with E-state index in [-0.39, 0.29) is 19.4 Å². The number of carboxylic acids is 1. The fraction of sp³-hybridized carbons (Fsp3) is 0.529. The van der Waals surface area contributed by atoms with Crippen LogP contribution in [0, 0.1) is 0 Å². The minimum absolute atomic E-state index is 0.00679. The van der Waals surface area contributed by atoms with Gasteiger partial charge >= 0.3 is 11.9 Å². The largest absolute Gasteiger partial charge is 0.481 e. The van der Waals surface area contributed by atoms with E-state index >= 15 is 0 Å². The summed E-state index contributed by atoms with van der Waals surface area (Å²) in [6.45, 7) is 3.49. The summed E-state index contributed by atoms with van der Waals surface area (Å²) in [6, 6.07) is 7.12. The van der Waals surface area contributed by atoms with E-state index < -0.39 is 23.6 Å². The second-order valence-corrected chi connectivity index (χ2v) is 5.65. The number of anilines is 1. The van der Waals surface area contributed by atoms with Gasteiger partial charge in [0.05, 0.1) is 6.10 Å². The smallest absolute Gasteiger partial charge is 0.341 e. The number of ether oxygens (including phenoxy) is 1. The lowest BCUT2D eigenvalue weighted by atomic mass is 9.95. The quantitative estimate of drug-likeness (QED) is 0.377. The van der Waals surface area contributed by atoms with E-state index in [0.717, 1.165) is 11.3 Å². The molecule has 0 aliphatic rings. The number of hydrogen-bond acceptors (Lipinski definition) is 6. The molecular weight excluding hydrogens is 314 g/mol. The fourth-order valence-electron chi connectivity index (χ4n) is 2.08. The lowest BCUT2D eigenvalue weighted by Gasteiger charge is -2.27. The Balaban J connectivity index is 2.47. The van der Waals surface area contributed by atoms with Crippen molar-refractivity contribution in [2.24, 2.45) is 0 Å². The summed E-state index contributed by atoms with van der Waals surface area (Å²) in [7, 11) is 0. The van der Waals surface area contributed by atoms with Crippen LogP contribution in [-0.4, -0.2) is 45.5 Å². The monoisotopic (exact) mass is 339 g/mol. The molecule has 0 spiro atoms. The van der Waals surface area contributed by atoms with Crippen LogP contribution in [0.1, 0.15) is 38.7 Å². The molecule has 4 N–H and O–H groups in total. The van der Waals surface area contributed by atoms with Gasteiger partial charge in [0.15, 0.2) is 5.60 Å². The summed E-state index contributed by atoms with van der Waals surface area (Å²) in [5, 5.41) is 31.2. The number of carbonyl (C=O) groups excluding carboxylic acids is 1. The molecule has 0 bridgehead atoms. The molecule has 1 aromatic carbocycles.